The van der Waals surface area contributed by atoms with Crippen molar-refractivity contribution in [1.82, 2.24) is 10.2 Å². The number of hydrogen-bond donors (Lipinski definition) is 1. The van der Waals surface area contributed by atoms with Crippen molar-refractivity contribution in [2.24, 2.45) is 5.92 Å². The Hall–Kier alpha value is -2.00. The molecule has 2 rings (SSSR count). The number of carbonyl (C=O) groups excluding carboxylic acids is 2. The molecule has 0 spiro atoms. The van der Waals surface area contributed by atoms with Gasteiger partial charge in [-0.15, -0.1) is 0 Å². The van der Waals surface area contributed by atoms with Crippen LogP contribution in [0.4, 0.5) is 5.69 Å². The smallest absolute Gasteiger partial charge is 0.244 e. The largest absolute Gasteiger partial charge is 0.354 e. The Morgan fingerprint density at radius 1 is 1.00 bits per heavy atom. The molecule has 2 aromatic rings. The fourth-order valence-corrected chi connectivity index (χ4v) is 4.89. The fourth-order valence-electron chi connectivity index (χ4n) is 3.34. The van der Waals surface area contributed by atoms with Gasteiger partial charge in [-0.05, 0) is 37.5 Å². The van der Waals surface area contributed by atoms with Crippen LogP contribution in [0.15, 0.2) is 36.4 Å². The SMILES string of the molecule is Cc1cccc(CN(C(=O)CN(c2cc(Cl)c(Cl)cc2Cl)S(C)(=O)=O)[C@H](C)C(=O)NCC(C)C)c1. The second-order valence-corrected chi connectivity index (χ2v) is 11.9. The first-order chi connectivity index (χ1) is 16.2. The minimum Gasteiger partial charge on any atom is -0.354 e. The summed E-state index contributed by atoms with van der Waals surface area (Å²) in [4.78, 5) is 27.8. The topological polar surface area (TPSA) is 86.8 Å². The molecule has 192 valence electrons. The van der Waals surface area contributed by atoms with Gasteiger partial charge in [0.05, 0.1) is 27.0 Å². The van der Waals surface area contributed by atoms with Crippen molar-refractivity contribution in [3.63, 3.8) is 0 Å². The number of hydrogen-bond acceptors (Lipinski definition) is 4. The molecule has 7 nitrogen and oxygen atoms in total. The highest BCUT2D eigenvalue weighted by molar-refractivity contribution is 7.92. The third kappa shape index (κ3) is 8.27. The minimum absolute atomic E-state index is 0.0179. The summed E-state index contributed by atoms with van der Waals surface area (Å²) in [5.41, 5.74) is 1.82. The van der Waals surface area contributed by atoms with E-state index >= 15 is 0 Å². The van der Waals surface area contributed by atoms with Gasteiger partial charge in [0.25, 0.3) is 0 Å². The van der Waals surface area contributed by atoms with Crippen molar-refractivity contribution < 1.29 is 18.0 Å². The van der Waals surface area contributed by atoms with Crippen LogP contribution in [0, 0.1) is 12.8 Å². The van der Waals surface area contributed by atoms with Gasteiger partial charge in [-0.25, -0.2) is 8.42 Å². The van der Waals surface area contributed by atoms with Crippen LogP contribution in [-0.4, -0.2) is 50.5 Å². The van der Waals surface area contributed by atoms with Gasteiger partial charge in [-0.2, -0.15) is 0 Å². The van der Waals surface area contributed by atoms with E-state index in [0.717, 1.165) is 21.7 Å². The summed E-state index contributed by atoms with van der Waals surface area (Å²) in [7, 11) is -3.95. The zero-order valence-corrected chi connectivity index (χ0v) is 23.4. The summed E-state index contributed by atoms with van der Waals surface area (Å²) < 4.78 is 26.2. The highest BCUT2D eigenvalue weighted by Gasteiger charge is 2.31. The van der Waals surface area contributed by atoms with Crippen molar-refractivity contribution in [2.45, 2.75) is 40.3 Å². The van der Waals surface area contributed by atoms with Gasteiger partial charge < -0.3 is 10.2 Å². The van der Waals surface area contributed by atoms with Crippen molar-refractivity contribution >= 4 is 62.3 Å². The molecule has 0 saturated carbocycles. The number of aryl methyl sites for hydroxylation is 1. The molecule has 0 aromatic heterocycles. The monoisotopic (exact) mass is 561 g/mol. The van der Waals surface area contributed by atoms with Crippen molar-refractivity contribution in [3.8, 4) is 0 Å². The molecule has 0 radical (unpaired) electrons. The van der Waals surface area contributed by atoms with Crippen molar-refractivity contribution in [2.75, 3.05) is 23.7 Å². The number of benzene rings is 2. The van der Waals surface area contributed by atoms with Gasteiger partial charge in [0.1, 0.15) is 12.6 Å². The molecule has 2 amide bonds. The van der Waals surface area contributed by atoms with E-state index in [-0.39, 0.29) is 39.1 Å². The predicted molar refractivity (Wildman–Crippen MR) is 143 cm³/mol. The third-order valence-corrected chi connectivity index (χ3v) is 7.38. The summed E-state index contributed by atoms with van der Waals surface area (Å²) in [5, 5.41) is 3.09. The van der Waals surface area contributed by atoms with Crippen LogP contribution < -0.4 is 9.62 Å². The van der Waals surface area contributed by atoms with E-state index in [0.29, 0.717) is 6.54 Å². The maximum atomic E-state index is 13.5. The van der Waals surface area contributed by atoms with Crippen molar-refractivity contribution in [1.29, 1.82) is 0 Å². The molecule has 1 atom stereocenters. The molecule has 0 fully saturated rings. The van der Waals surface area contributed by atoms with Crippen LogP contribution in [0.5, 0.6) is 0 Å². The van der Waals surface area contributed by atoms with E-state index in [1.54, 1.807) is 6.92 Å². The van der Waals surface area contributed by atoms with E-state index in [1.807, 2.05) is 45.0 Å². The third-order valence-electron chi connectivity index (χ3n) is 5.22. The molecule has 0 aliphatic heterocycles. The van der Waals surface area contributed by atoms with E-state index in [9.17, 15) is 18.0 Å². The Labute approximate surface area is 222 Å². The molecule has 0 heterocycles. The van der Waals surface area contributed by atoms with Crippen LogP contribution in [0.3, 0.4) is 0 Å². The fraction of sp³-hybridized carbons (Fsp3) is 0.417. The maximum Gasteiger partial charge on any atom is 0.244 e. The lowest BCUT2D eigenvalue weighted by Gasteiger charge is -2.32. The lowest BCUT2D eigenvalue weighted by molar-refractivity contribution is -0.139. The van der Waals surface area contributed by atoms with Gasteiger partial charge in [-0.3, -0.25) is 13.9 Å². The second kappa shape index (κ2) is 12.3. The van der Waals surface area contributed by atoms with E-state index in [1.165, 1.54) is 17.0 Å². The van der Waals surface area contributed by atoms with Crippen LogP contribution in [0.1, 0.15) is 31.9 Å². The van der Waals surface area contributed by atoms with E-state index in [2.05, 4.69) is 5.32 Å². The Kier molecular flexibility index (Phi) is 10.3. The highest BCUT2D eigenvalue weighted by atomic mass is 35.5. The molecule has 0 aliphatic carbocycles. The first-order valence-electron chi connectivity index (χ1n) is 11.0. The highest BCUT2D eigenvalue weighted by Crippen LogP contribution is 2.35. The molecular weight excluding hydrogens is 533 g/mol. The first kappa shape index (κ1) is 29.2. The molecule has 1 N–H and O–H groups in total. The zero-order chi connectivity index (χ0) is 26.5. The molecule has 35 heavy (non-hydrogen) atoms. The number of amides is 2. The number of halogens is 3. The standard InChI is InChI=1S/C24H30Cl3N3O4S/c1-15(2)12-28-24(32)17(4)29(13-18-8-6-7-16(3)9-18)23(31)14-30(35(5,33)34)22-11-20(26)19(25)10-21(22)27/h6-11,15,17H,12-14H2,1-5H3,(H,28,32)/t17-/m1/s1. The zero-order valence-electron chi connectivity index (χ0n) is 20.3. The van der Waals surface area contributed by atoms with Gasteiger partial charge in [0.15, 0.2) is 0 Å². The molecule has 2 aromatic carbocycles. The van der Waals surface area contributed by atoms with Gasteiger partial charge in [0, 0.05) is 13.1 Å². The second-order valence-electron chi connectivity index (χ2n) is 8.81. The van der Waals surface area contributed by atoms with Gasteiger partial charge >= 0.3 is 0 Å². The quantitative estimate of drug-likeness (QED) is 0.417. The van der Waals surface area contributed by atoms with Gasteiger partial charge in [-0.1, -0.05) is 78.5 Å². The molecule has 0 bridgehead atoms. The Morgan fingerprint density at radius 2 is 1.63 bits per heavy atom. The Balaban J connectivity index is 2.44. The number of sulfonamides is 1. The van der Waals surface area contributed by atoms with Gasteiger partial charge in [0.2, 0.25) is 21.8 Å². The molecule has 0 aliphatic rings. The first-order valence-corrected chi connectivity index (χ1v) is 13.9. The molecule has 0 unspecified atom stereocenters. The van der Waals surface area contributed by atoms with E-state index < -0.39 is 28.5 Å². The molecule has 0 saturated heterocycles. The maximum absolute atomic E-state index is 13.5. The van der Waals surface area contributed by atoms with Crippen LogP contribution >= 0.6 is 34.8 Å². The van der Waals surface area contributed by atoms with Crippen molar-refractivity contribution in [3.05, 3.63) is 62.6 Å². The van der Waals surface area contributed by atoms with E-state index in [4.69, 9.17) is 34.8 Å². The average Bonchev–Trinajstić information content (AvgIpc) is 2.75. The Bertz CT molecular complexity index is 1190. The summed E-state index contributed by atoms with van der Waals surface area (Å²) in [6.07, 6.45) is 0.961. The van der Waals surface area contributed by atoms with Crippen LogP contribution in [0.2, 0.25) is 15.1 Å². The Morgan fingerprint density at radius 3 is 2.20 bits per heavy atom. The molecule has 11 heteroatoms. The minimum atomic E-state index is -3.95. The number of carbonyl (C=O) groups is 2. The summed E-state index contributed by atoms with van der Waals surface area (Å²) in [6.45, 7) is 7.45. The number of anilines is 1. The normalized spacial score (nSPS) is 12.4. The average molecular weight is 563 g/mol. The lowest BCUT2D eigenvalue weighted by atomic mass is 10.1. The summed E-state index contributed by atoms with van der Waals surface area (Å²) in [5.74, 6) is -0.686. The summed E-state index contributed by atoms with van der Waals surface area (Å²) >= 11 is 18.3. The number of nitrogens with zero attached hydrogens (tertiary/aromatic N) is 2. The van der Waals surface area contributed by atoms with Crippen LogP contribution in [0.25, 0.3) is 0 Å². The lowest BCUT2D eigenvalue weighted by Crippen LogP contribution is -2.51. The number of nitrogens with one attached hydrogen (secondary N) is 1. The summed E-state index contributed by atoms with van der Waals surface area (Å²) in [6, 6.07) is 9.29. The predicted octanol–water partition coefficient (Wildman–Crippen LogP) is 4.91. The molecular formula is C24H30Cl3N3O4S. The van der Waals surface area contributed by atoms with Crippen LogP contribution in [-0.2, 0) is 26.2 Å². The number of rotatable bonds is 10.